The lowest BCUT2D eigenvalue weighted by molar-refractivity contribution is -0.136. The van der Waals surface area contributed by atoms with Crippen LogP contribution in [0.2, 0.25) is 0 Å². The number of hydrogen-bond acceptors (Lipinski definition) is 4. The first-order chi connectivity index (χ1) is 12.5. The van der Waals surface area contributed by atoms with Crippen LogP contribution in [0.15, 0.2) is 59.5 Å². The standard InChI is InChI=1S/C19H21NO4S2/c1-14(19(22)23)25-17-10-6-5-9-16(17)18(21)20-11-12-26(24)13-15-7-3-2-4-8-15/h2-10,14H,11-13H2,1H3,(H,20,21)(H,22,23). The molecule has 0 bridgehead atoms. The Morgan fingerprint density at radius 1 is 1.12 bits per heavy atom. The SMILES string of the molecule is CC(Sc1ccccc1C(=O)NCCS(=O)Cc1ccccc1)C(=O)O. The van der Waals surface area contributed by atoms with Crippen LogP contribution in [0, 0.1) is 0 Å². The molecule has 0 aromatic heterocycles. The molecule has 0 aliphatic carbocycles. The molecule has 26 heavy (non-hydrogen) atoms. The van der Waals surface area contributed by atoms with Gasteiger partial charge in [-0.1, -0.05) is 42.5 Å². The zero-order chi connectivity index (χ0) is 18.9. The average molecular weight is 392 g/mol. The Morgan fingerprint density at radius 3 is 2.46 bits per heavy atom. The number of carboxylic acids is 1. The number of nitrogens with one attached hydrogen (secondary N) is 1. The summed E-state index contributed by atoms with van der Waals surface area (Å²) in [7, 11) is -1.06. The summed E-state index contributed by atoms with van der Waals surface area (Å²) in [6.45, 7) is 1.88. The van der Waals surface area contributed by atoms with Gasteiger partial charge in [-0.15, -0.1) is 11.8 Å². The maximum atomic E-state index is 12.4. The fourth-order valence-electron chi connectivity index (χ4n) is 2.20. The van der Waals surface area contributed by atoms with E-state index in [0.29, 0.717) is 28.5 Å². The third-order valence-corrected chi connectivity index (χ3v) is 6.05. The summed E-state index contributed by atoms with van der Waals surface area (Å²) in [5, 5.41) is 11.2. The quantitative estimate of drug-likeness (QED) is 0.642. The van der Waals surface area contributed by atoms with E-state index < -0.39 is 22.0 Å². The molecule has 138 valence electrons. The van der Waals surface area contributed by atoms with Gasteiger partial charge in [-0.25, -0.2) is 0 Å². The van der Waals surface area contributed by atoms with Gasteiger partial charge in [0, 0.05) is 33.7 Å². The number of carbonyl (C=O) groups excluding carboxylic acids is 1. The summed E-state index contributed by atoms with van der Waals surface area (Å²) in [5.41, 5.74) is 1.43. The van der Waals surface area contributed by atoms with Crippen LogP contribution in [0.25, 0.3) is 0 Å². The molecule has 2 N–H and O–H groups in total. The monoisotopic (exact) mass is 391 g/mol. The Bertz CT molecular complexity index is 780. The van der Waals surface area contributed by atoms with Crippen LogP contribution >= 0.6 is 11.8 Å². The Morgan fingerprint density at radius 2 is 1.77 bits per heavy atom. The largest absolute Gasteiger partial charge is 0.480 e. The number of carbonyl (C=O) groups is 2. The summed E-state index contributed by atoms with van der Waals surface area (Å²) >= 11 is 1.13. The van der Waals surface area contributed by atoms with E-state index in [2.05, 4.69) is 5.32 Å². The van der Waals surface area contributed by atoms with Gasteiger partial charge >= 0.3 is 5.97 Å². The van der Waals surface area contributed by atoms with E-state index in [1.807, 2.05) is 30.3 Å². The Kier molecular flexibility index (Phi) is 7.87. The van der Waals surface area contributed by atoms with E-state index in [4.69, 9.17) is 5.11 Å². The molecule has 2 unspecified atom stereocenters. The molecule has 0 aliphatic heterocycles. The van der Waals surface area contributed by atoms with Crippen LogP contribution < -0.4 is 5.32 Å². The molecule has 2 aromatic rings. The van der Waals surface area contributed by atoms with Gasteiger partial charge in [0.05, 0.1) is 5.56 Å². The van der Waals surface area contributed by atoms with E-state index in [0.717, 1.165) is 17.3 Å². The van der Waals surface area contributed by atoms with Crippen molar-refractivity contribution in [3.8, 4) is 0 Å². The summed E-state index contributed by atoms with van der Waals surface area (Å²) in [6.07, 6.45) is 0. The van der Waals surface area contributed by atoms with Crippen molar-refractivity contribution in [3.63, 3.8) is 0 Å². The van der Waals surface area contributed by atoms with Gasteiger partial charge in [0.25, 0.3) is 5.91 Å². The molecule has 7 heteroatoms. The smallest absolute Gasteiger partial charge is 0.316 e. The van der Waals surface area contributed by atoms with Gasteiger partial charge in [-0.2, -0.15) is 0 Å². The third kappa shape index (κ3) is 6.31. The molecule has 0 spiro atoms. The van der Waals surface area contributed by atoms with Crippen LogP contribution in [0.5, 0.6) is 0 Å². The zero-order valence-corrected chi connectivity index (χ0v) is 16.0. The Hall–Kier alpha value is -2.12. The van der Waals surface area contributed by atoms with Gasteiger partial charge in [-0.3, -0.25) is 13.8 Å². The van der Waals surface area contributed by atoms with Crippen LogP contribution in [-0.2, 0) is 21.3 Å². The van der Waals surface area contributed by atoms with Crippen molar-refractivity contribution >= 4 is 34.4 Å². The third-order valence-electron chi connectivity index (χ3n) is 3.57. The lowest BCUT2D eigenvalue weighted by Crippen LogP contribution is -2.28. The minimum absolute atomic E-state index is 0.289. The maximum absolute atomic E-state index is 12.4. The fourth-order valence-corrected chi connectivity index (χ4v) is 4.17. The highest BCUT2D eigenvalue weighted by Gasteiger charge is 2.17. The van der Waals surface area contributed by atoms with Gasteiger partial charge in [-0.05, 0) is 24.6 Å². The second-order valence-corrected chi connectivity index (χ2v) is 8.58. The van der Waals surface area contributed by atoms with Crippen LogP contribution in [-0.4, -0.2) is 38.7 Å². The summed E-state index contributed by atoms with van der Waals surface area (Å²) < 4.78 is 12.1. The van der Waals surface area contributed by atoms with E-state index >= 15 is 0 Å². The molecule has 5 nitrogen and oxygen atoms in total. The van der Waals surface area contributed by atoms with Crippen molar-refractivity contribution in [1.29, 1.82) is 0 Å². The molecule has 2 rings (SSSR count). The predicted molar refractivity (Wildman–Crippen MR) is 105 cm³/mol. The van der Waals surface area contributed by atoms with Gasteiger partial charge in [0.15, 0.2) is 0 Å². The molecule has 0 fully saturated rings. The first-order valence-corrected chi connectivity index (χ1v) is 10.5. The number of aliphatic carboxylic acids is 1. The molecular weight excluding hydrogens is 370 g/mol. The van der Waals surface area contributed by atoms with Crippen molar-refractivity contribution in [1.82, 2.24) is 5.32 Å². The number of rotatable bonds is 9. The summed E-state index contributed by atoms with van der Waals surface area (Å²) in [6, 6.07) is 16.5. The predicted octanol–water partition coefficient (Wildman–Crippen LogP) is 2.93. The fraction of sp³-hybridized carbons (Fsp3) is 0.263. The van der Waals surface area contributed by atoms with Crippen molar-refractivity contribution in [2.45, 2.75) is 22.8 Å². The lowest BCUT2D eigenvalue weighted by Gasteiger charge is -2.12. The molecule has 2 aromatic carbocycles. The minimum atomic E-state index is -1.06. The van der Waals surface area contributed by atoms with Gasteiger partial charge in [0.1, 0.15) is 5.25 Å². The molecule has 0 saturated heterocycles. The zero-order valence-electron chi connectivity index (χ0n) is 14.4. The van der Waals surface area contributed by atoms with E-state index in [1.165, 1.54) is 0 Å². The molecule has 0 heterocycles. The number of benzene rings is 2. The molecule has 0 radical (unpaired) electrons. The Balaban J connectivity index is 1.88. The maximum Gasteiger partial charge on any atom is 0.316 e. The van der Waals surface area contributed by atoms with E-state index in [1.54, 1.807) is 31.2 Å². The lowest BCUT2D eigenvalue weighted by atomic mass is 10.2. The van der Waals surface area contributed by atoms with Crippen molar-refractivity contribution in [2.24, 2.45) is 0 Å². The molecule has 0 saturated carbocycles. The van der Waals surface area contributed by atoms with Crippen LogP contribution in [0.4, 0.5) is 0 Å². The molecule has 1 amide bonds. The van der Waals surface area contributed by atoms with E-state index in [-0.39, 0.29) is 5.91 Å². The first-order valence-electron chi connectivity index (χ1n) is 8.13. The first kappa shape index (κ1) is 20.2. The molecule has 2 atom stereocenters. The molecular formula is C19H21NO4S2. The Labute approximate surface area is 159 Å². The number of thioether (sulfide) groups is 1. The van der Waals surface area contributed by atoms with Gasteiger partial charge < -0.3 is 10.4 Å². The number of carboxylic acid groups (broad SMARTS) is 1. The summed E-state index contributed by atoms with van der Waals surface area (Å²) in [5.74, 6) is -0.398. The van der Waals surface area contributed by atoms with Gasteiger partial charge in [0.2, 0.25) is 0 Å². The highest BCUT2D eigenvalue weighted by Crippen LogP contribution is 2.26. The highest BCUT2D eigenvalue weighted by atomic mass is 32.2. The second kappa shape index (κ2) is 10.1. The van der Waals surface area contributed by atoms with Crippen molar-refractivity contribution < 1.29 is 18.9 Å². The number of hydrogen-bond donors (Lipinski definition) is 2. The minimum Gasteiger partial charge on any atom is -0.480 e. The number of amides is 1. The van der Waals surface area contributed by atoms with Crippen LogP contribution in [0.3, 0.4) is 0 Å². The van der Waals surface area contributed by atoms with E-state index in [9.17, 15) is 13.8 Å². The van der Waals surface area contributed by atoms with Crippen LogP contribution in [0.1, 0.15) is 22.8 Å². The second-order valence-electron chi connectivity index (χ2n) is 5.62. The van der Waals surface area contributed by atoms with Crippen molar-refractivity contribution in [3.05, 3.63) is 65.7 Å². The molecule has 0 aliphatic rings. The van der Waals surface area contributed by atoms with Crippen molar-refractivity contribution in [2.75, 3.05) is 12.3 Å². The topological polar surface area (TPSA) is 83.5 Å². The average Bonchev–Trinajstić information content (AvgIpc) is 2.62. The normalized spacial score (nSPS) is 13.0. The highest BCUT2D eigenvalue weighted by molar-refractivity contribution is 8.00. The summed E-state index contributed by atoms with van der Waals surface area (Å²) in [4.78, 5) is 24.0.